The molecule has 0 aliphatic heterocycles. The Morgan fingerprint density at radius 1 is 1.09 bits per heavy atom. The van der Waals surface area contributed by atoms with Crippen LogP contribution in [-0.2, 0) is 11.4 Å². The summed E-state index contributed by atoms with van der Waals surface area (Å²) in [5.74, 6) is 0.851. The highest BCUT2D eigenvalue weighted by Gasteiger charge is 2.08. The molecule has 0 aliphatic rings. The summed E-state index contributed by atoms with van der Waals surface area (Å²) in [7, 11) is 1.83. The number of para-hydroxylation sites is 1. The second-order valence-electron chi connectivity index (χ2n) is 5.09. The van der Waals surface area contributed by atoms with Gasteiger partial charge in [-0.1, -0.05) is 30.3 Å². The van der Waals surface area contributed by atoms with Crippen LogP contribution in [0.15, 0.2) is 48.5 Å². The van der Waals surface area contributed by atoms with Crippen molar-refractivity contribution >= 4 is 24.0 Å². The molecule has 0 saturated carbocycles. The molecule has 0 fully saturated rings. The van der Waals surface area contributed by atoms with E-state index in [2.05, 4.69) is 10.6 Å². The molecule has 0 aromatic heterocycles. The van der Waals surface area contributed by atoms with Crippen LogP contribution in [0.5, 0.6) is 5.75 Å². The lowest BCUT2D eigenvalue weighted by Crippen LogP contribution is -2.19. The highest BCUT2D eigenvalue weighted by Crippen LogP contribution is 2.21. The molecule has 2 rings (SSSR count). The maximum Gasteiger partial charge on any atom is 0.225 e. The van der Waals surface area contributed by atoms with E-state index in [0.717, 1.165) is 22.6 Å². The number of carbonyl (C=O) groups excluding carboxylic acids is 1. The van der Waals surface area contributed by atoms with Crippen molar-refractivity contribution in [1.29, 1.82) is 0 Å². The third-order valence-electron chi connectivity index (χ3n) is 3.46. The Morgan fingerprint density at radius 2 is 1.83 bits per heavy atom. The molecule has 0 unspecified atom stereocenters. The molecule has 0 aliphatic carbocycles. The molecule has 1 amide bonds. The molecule has 2 N–H and O–H groups in total. The zero-order valence-corrected chi connectivity index (χ0v) is 14.3. The lowest BCUT2D eigenvalue weighted by Gasteiger charge is -2.13. The van der Waals surface area contributed by atoms with Gasteiger partial charge in [-0.05, 0) is 43.3 Å². The summed E-state index contributed by atoms with van der Waals surface area (Å²) < 4.78 is 5.78. The van der Waals surface area contributed by atoms with Gasteiger partial charge in [0.1, 0.15) is 12.4 Å². The van der Waals surface area contributed by atoms with Crippen molar-refractivity contribution in [1.82, 2.24) is 5.32 Å². The van der Waals surface area contributed by atoms with Crippen LogP contribution < -0.4 is 15.4 Å². The fourth-order valence-corrected chi connectivity index (χ4v) is 2.10. The Bertz CT molecular complexity index is 618. The van der Waals surface area contributed by atoms with Crippen molar-refractivity contribution in [2.75, 3.05) is 18.9 Å². The van der Waals surface area contributed by atoms with Crippen LogP contribution in [0.1, 0.15) is 17.5 Å². The maximum absolute atomic E-state index is 11.8. The Labute approximate surface area is 143 Å². The maximum atomic E-state index is 11.8. The number of hydrogen-bond donors (Lipinski definition) is 2. The molecule has 0 bridgehead atoms. The topological polar surface area (TPSA) is 50.4 Å². The van der Waals surface area contributed by atoms with Crippen LogP contribution in [0.2, 0.25) is 0 Å². The minimum Gasteiger partial charge on any atom is -0.489 e. The monoisotopic (exact) mass is 334 g/mol. The second-order valence-corrected chi connectivity index (χ2v) is 5.09. The van der Waals surface area contributed by atoms with Crippen molar-refractivity contribution in [3.8, 4) is 5.75 Å². The Morgan fingerprint density at radius 3 is 2.52 bits per heavy atom. The van der Waals surface area contributed by atoms with Crippen molar-refractivity contribution in [3.63, 3.8) is 0 Å². The molecule has 0 atom stereocenters. The van der Waals surface area contributed by atoms with Gasteiger partial charge in [0.25, 0.3) is 0 Å². The smallest absolute Gasteiger partial charge is 0.225 e. The van der Waals surface area contributed by atoms with Crippen LogP contribution in [0.25, 0.3) is 0 Å². The summed E-state index contributed by atoms with van der Waals surface area (Å²) >= 11 is 0. The molecule has 124 valence electrons. The largest absolute Gasteiger partial charge is 0.489 e. The van der Waals surface area contributed by atoms with Gasteiger partial charge in [0.2, 0.25) is 5.91 Å². The second kappa shape index (κ2) is 9.87. The zero-order chi connectivity index (χ0) is 15.8. The summed E-state index contributed by atoms with van der Waals surface area (Å²) in [5, 5.41) is 5.92. The molecule has 0 saturated heterocycles. The number of anilines is 1. The van der Waals surface area contributed by atoms with Crippen LogP contribution >= 0.6 is 12.4 Å². The number of hydrogen-bond acceptors (Lipinski definition) is 3. The first-order valence-electron chi connectivity index (χ1n) is 7.41. The van der Waals surface area contributed by atoms with E-state index < -0.39 is 0 Å². The summed E-state index contributed by atoms with van der Waals surface area (Å²) in [6.07, 6.45) is 0.459. The summed E-state index contributed by atoms with van der Waals surface area (Å²) in [4.78, 5) is 11.8. The van der Waals surface area contributed by atoms with E-state index in [1.165, 1.54) is 0 Å². The van der Waals surface area contributed by atoms with Crippen LogP contribution in [0.3, 0.4) is 0 Å². The molecule has 23 heavy (non-hydrogen) atoms. The average molecular weight is 335 g/mol. The number of amides is 1. The Kier molecular flexibility index (Phi) is 8.16. The van der Waals surface area contributed by atoms with Gasteiger partial charge in [-0.3, -0.25) is 4.79 Å². The van der Waals surface area contributed by atoms with Crippen LogP contribution in [0.4, 0.5) is 5.69 Å². The first-order valence-corrected chi connectivity index (χ1v) is 7.41. The number of carbonyl (C=O) groups is 1. The normalized spacial score (nSPS) is 9.83. The summed E-state index contributed by atoms with van der Waals surface area (Å²) in [5.41, 5.74) is 2.95. The van der Waals surface area contributed by atoms with Crippen molar-refractivity contribution in [2.45, 2.75) is 20.0 Å². The molecule has 0 radical (unpaired) electrons. The van der Waals surface area contributed by atoms with E-state index in [1.54, 1.807) is 0 Å². The molecule has 2 aromatic rings. The Hall–Kier alpha value is -2.04. The minimum absolute atomic E-state index is 0. The molecule has 0 heterocycles. The fraction of sp³-hybridized carbons (Fsp3) is 0.278. The van der Waals surface area contributed by atoms with Crippen LogP contribution in [0, 0.1) is 6.92 Å². The Balaban J connectivity index is 0.00000264. The van der Waals surface area contributed by atoms with Crippen molar-refractivity contribution in [3.05, 3.63) is 59.7 Å². The summed E-state index contributed by atoms with van der Waals surface area (Å²) in [6.45, 7) is 3.15. The van der Waals surface area contributed by atoms with E-state index in [0.29, 0.717) is 19.6 Å². The van der Waals surface area contributed by atoms with Gasteiger partial charge < -0.3 is 15.4 Å². The quantitative estimate of drug-likeness (QED) is 0.814. The van der Waals surface area contributed by atoms with Gasteiger partial charge in [0, 0.05) is 18.7 Å². The number of nitrogens with one attached hydrogen (secondary N) is 2. The first kappa shape index (κ1) is 19.0. The first-order chi connectivity index (χ1) is 10.7. The lowest BCUT2D eigenvalue weighted by atomic mass is 10.1. The van der Waals surface area contributed by atoms with Crippen LogP contribution in [-0.4, -0.2) is 19.5 Å². The predicted octanol–water partition coefficient (Wildman–Crippen LogP) is 3.54. The van der Waals surface area contributed by atoms with Crippen molar-refractivity contribution in [2.24, 2.45) is 0 Å². The number of benzene rings is 2. The van der Waals surface area contributed by atoms with E-state index in [9.17, 15) is 4.79 Å². The highest BCUT2D eigenvalue weighted by molar-refractivity contribution is 5.91. The fourth-order valence-electron chi connectivity index (χ4n) is 2.10. The minimum atomic E-state index is 0. The predicted molar refractivity (Wildman–Crippen MR) is 96.4 cm³/mol. The molecule has 2 aromatic carbocycles. The zero-order valence-electron chi connectivity index (χ0n) is 13.5. The van der Waals surface area contributed by atoms with Gasteiger partial charge in [-0.15, -0.1) is 12.4 Å². The average Bonchev–Trinajstić information content (AvgIpc) is 2.55. The lowest BCUT2D eigenvalue weighted by molar-refractivity contribution is -0.116. The van der Waals surface area contributed by atoms with Crippen molar-refractivity contribution < 1.29 is 9.53 Å². The highest BCUT2D eigenvalue weighted by atomic mass is 35.5. The third kappa shape index (κ3) is 5.93. The van der Waals surface area contributed by atoms with Gasteiger partial charge in [0.15, 0.2) is 0 Å². The summed E-state index contributed by atoms with van der Waals surface area (Å²) in [6, 6.07) is 15.6. The number of halogens is 1. The molecule has 0 spiro atoms. The van der Waals surface area contributed by atoms with Gasteiger partial charge in [0.05, 0.1) is 0 Å². The molecule has 4 nitrogen and oxygen atoms in total. The van der Waals surface area contributed by atoms with Gasteiger partial charge >= 0.3 is 0 Å². The molecule has 5 heteroatoms. The number of rotatable bonds is 7. The van der Waals surface area contributed by atoms with E-state index in [1.807, 2.05) is 62.5 Å². The molecular weight excluding hydrogens is 312 g/mol. The van der Waals surface area contributed by atoms with E-state index >= 15 is 0 Å². The standard InChI is InChI=1S/C18H22N2O2.ClH/c1-14-15(13-22-16-8-4-3-5-9-16)7-6-10-17(14)20-18(21)11-12-19-2;/h3-10,19H,11-13H2,1-2H3,(H,20,21);1H. The number of ether oxygens (including phenoxy) is 1. The molecular formula is C18H23ClN2O2. The SMILES string of the molecule is CNCCC(=O)Nc1cccc(COc2ccccc2)c1C.Cl. The van der Waals surface area contributed by atoms with E-state index in [4.69, 9.17) is 4.74 Å². The third-order valence-corrected chi connectivity index (χ3v) is 3.46. The van der Waals surface area contributed by atoms with Gasteiger partial charge in [-0.25, -0.2) is 0 Å². The van der Waals surface area contributed by atoms with Gasteiger partial charge in [-0.2, -0.15) is 0 Å². The van der Waals surface area contributed by atoms with E-state index in [-0.39, 0.29) is 18.3 Å².